The summed E-state index contributed by atoms with van der Waals surface area (Å²) in [5.41, 5.74) is 1.15. The average molecular weight is 252 g/mol. The van der Waals surface area contributed by atoms with Crippen LogP contribution in [0, 0.1) is 0 Å². The molecular formula is C8H8BrClS. The lowest BCUT2D eigenvalue weighted by atomic mass is 10.2. The highest BCUT2D eigenvalue weighted by atomic mass is 79.9. The molecule has 0 nitrogen and oxygen atoms in total. The summed E-state index contributed by atoms with van der Waals surface area (Å²) < 4.78 is 1.13. The fourth-order valence-electron chi connectivity index (χ4n) is 0.793. The van der Waals surface area contributed by atoms with Gasteiger partial charge in [-0.3, -0.25) is 0 Å². The molecule has 0 radical (unpaired) electrons. The number of thioether (sulfide) groups is 1. The first-order chi connectivity index (χ1) is 5.27. The van der Waals surface area contributed by atoms with Crippen molar-refractivity contribution in [2.75, 3.05) is 6.26 Å². The summed E-state index contributed by atoms with van der Waals surface area (Å²) in [5, 5.41) is 0. The lowest BCUT2D eigenvalue weighted by Crippen LogP contribution is -1.79. The molecule has 60 valence electrons. The number of alkyl halides is 1. The van der Waals surface area contributed by atoms with Crippen LogP contribution >= 0.6 is 39.3 Å². The minimum Gasteiger partial charge on any atom is -0.128 e. The highest BCUT2D eigenvalue weighted by Crippen LogP contribution is 2.26. The van der Waals surface area contributed by atoms with E-state index in [0.717, 1.165) is 10.0 Å². The molecule has 0 N–H and O–H groups in total. The Balaban J connectivity index is 2.99. The standard InChI is InChI=1S/C8H8BrClS/c1-11-8-3-2-6(5-10)4-7(8)9/h2-4H,5H2,1H3. The molecule has 11 heavy (non-hydrogen) atoms. The van der Waals surface area contributed by atoms with Gasteiger partial charge in [0.25, 0.3) is 0 Å². The predicted molar refractivity (Wildman–Crippen MR) is 55.5 cm³/mol. The van der Waals surface area contributed by atoms with Gasteiger partial charge < -0.3 is 0 Å². The Morgan fingerprint density at radius 3 is 2.73 bits per heavy atom. The van der Waals surface area contributed by atoms with E-state index in [-0.39, 0.29) is 0 Å². The highest BCUT2D eigenvalue weighted by molar-refractivity contribution is 9.10. The Kier molecular flexibility index (Phi) is 3.76. The van der Waals surface area contributed by atoms with Crippen molar-refractivity contribution in [1.29, 1.82) is 0 Å². The molecule has 0 heterocycles. The number of halogens is 2. The molecule has 0 aromatic heterocycles. The molecule has 0 aliphatic rings. The highest BCUT2D eigenvalue weighted by Gasteiger charge is 1.98. The van der Waals surface area contributed by atoms with Crippen molar-refractivity contribution in [3.63, 3.8) is 0 Å². The molecule has 0 saturated heterocycles. The van der Waals surface area contributed by atoms with Crippen LogP contribution in [0.2, 0.25) is 0 Å². The van der Waals surface area contributed by atoms with E-state index in [1.54, 1.807) is 11.8 Å². The zero-order valence-electron chi connectivity index (χ0n) is 6.10. The van der Waals surface area contributed by atoms with E-state index in [9.17, 15) is 0 Å². The minimum absolute atomic E-state index is 0.577. The summed E-state index contributed by atoms with van der Waals surface area (Å²) >= 11 is 10.9. The summed E-state index contributed by atoms with van der Waals surface area (Å²) in [7, 11) is 0. The van der Waals surface area contributed by atoms with Gasteiger partial charge in [-0.15, -0.1) is 23.4 Å². The molecular weight excluding hydrogens is 244 g/mol. The SMILES string of the molecule is CSc1ccc(CCl)cc1Br. The second-order valence-electron chi connectivity index (χ2n) is 2.10. The molecule has 0 unspecified atom stereocenters. The van der Waals surface area contributed by atoms with Crippen molar-refractivity contribution in [2.24, 2.45) is 0 Å². The van der Waals surface area contributed by atoms with Crippen LogP contribution < -0.4 is 0 Å². The third kappa shape index (κ3) is 2.39. The van der Waals surface area contributed by atoms with Crippen molar-refractivity contribution in [2.45, 2.75) is 10.8 Å². The second kappa shape index (κ2) is 4.39. The maximum atomic E-state index is 5.67. The van der Waals surface area contributed by atoms with Crippen LogP contribution in [0.25, 0.3) is 0 Å². The number of hydrogen-bond acceptors (Lipinski definition) is 1. The summed E-state index contributed by atoms with van der Waals surface area (Å²) in [6, 6.07) is 6.18. The molecule has 1 rings (SSSR count). The van der Waals surface area contributed by atoms with Crippen molar-refractivity contribution < 1.29 is 0 Å². The van der Waals surface area contributed by atoms with Crippen LogP contribution in [-0.4, -0.2) is 6.26 Å². The summed E-state index contributed by atoms with van der Waals surface area (Å²) in [5.74, 6) is 0.577. The third-order valence-corrected chi connectivity index (χ3v) is 3.39. The van der Waals surface area contributed by atoms with E-state index >= 15 is 0 Å². The van der Waals surface area contributed by atoms with Gasteiger partial charge in [-0.05, 0) is 39.9 Å². The van der Waals surface area contributed by atoms with Gasteiger partial charge >= 0.3 is 0 Å². The quantitative estimate of drug-likeness (QED) is 0.567. The van der Waals surface area contributed by atoms with Crippen molar-refractivity contribution >= 4 is 39.3 Å². The largest absolute Gasteiger partial charge is 0.128 e. The molecule has 0 spiro atoms. The fraction of sp³-hybridized carbons (Fsp3) is 0.250. The second-order valence-corrected chi connectivity index (χ2v) is 4.07. The predicted octanol–water partition coefficient (Wildman–Crippen LogP) is 3.91. The van der Waals surface area contributed by atoms with Crippen LogP contribution in [0.15, 0.2) is 27.6 Å². The molecule has 3 heteroatoms. The van der Waals surface area contributed by atoms with E-state index in [4.69, 9.17) is 11.6 Å². The monoisotopic (exact) mass is 250 g/mol. The molecule has 0 bridgehead atoms. The Morgan fingerprint density at radius 2 is 2.27 bits per heavy atom. The lowest BCUT2D eigenvalue weighted by Gasteiger charge is -2.01. The molecule has 0 fully saturated rings. The maximum absolute atomic E-state index is 5.67. The number of rotatable bonds is 2. The Bertz CT molecular complexity index is 250. The lowest BCUT2D eigenvalue weighted by molar-refractivity contribution is 1.31. The van der Waals surface area contributed by atoms with E-state index in [0.29, 0.717) is 5.88 Å². The van der Waals surface area contributed by atoms with Gasteiger partial charge in [0, 0.05) is 15.2 Å². The van der Waals surface area contributed by atoms with Crippen molar-refractivity contribution in [3.05, 3.63) is 28.2 Å². The van der Waals surface area contributed by atoms with Gasteiger partial charge in [-0.25, -0.2) is 0 Å². The summed E-state index contributed by atoms with van der Waals surface area (Å²) in [6.45, 7) is 0. The van der Waals surface area contributed by atoms with Crippen molar-refractivity contribution in [3.8, 4) is 0 Å². The minimum atomic E-state index is 0.577. The maximum Gasteiger partial charge on any atom is 0.0474 e. The molecule has 0 aliphatic heterocycles. The van der Waals surface area contributed by atoms with Gasteiger partial charge in [0.1, 0.15) is 0 Å². The van der Waals surface area contributed by atoms with E-state index < -0.39 is 0 Å². The smallest absolute Gasteiger partial charge is 0.0474 e. The van der Waals surface area contributed by atoms with E-state index in [1.807, 2.05) is 6.07 Å². The van der Waals surface area contributed by atoms with Gasteiger partial charge in [0.2, 0.25) is 0 Å². The average Bonchev–Trinajstić information content (AvgIpc) is 2.04. The summed E-state index contributed by atoms with van der Waals surface area (Å²) in [6.07, 6.45) is 2.06. The molecule has 0 amide bonds. The van der Waals surface area contributed by atoms with Crippen LogP contribution in [0.4, 0.5) is 0 Å². The molecule has 0 aliphatic carbocycles. The zero-order valence-corrected chi connectivity index (χ0v) is 9.26. The Morgan fingerprint density at radius 1 is 1.55 bits per heavy atom. The normalized spacial score (nSPS) is 10.1. The van der Waals surface area contributed by atoms with Crippen LogP contribution in [0.3, 0.4) is 0 Å². The Hall–Kier alpha value is 0.340. The Labute approximate surface area is 84.5 Å². The first kappa shape index (κ1) is 9.43. The number of hydrogen-bond donors (Lipinski definition) is 0. The number of benzene rings is 1. The first-order valence-corrected chi connectivity index (χ1v) is 5.71. The van der Waals surface area contributed by atoms with Gasteiger partial charge in [0.05, 0.1) is 0 Å². The first-order valence-electron chi connectivity index (χ1n) is 3.16. The molecule has 0 saturated carbocycles. The fourth-order valence-corrected chi connectivity index (χ4v) is 2.33. The summed E-state index contributed by atoms with van der Waals surface area (Å²) in [4.78, 5) is 1.25. The van der Waals surface area contributed by atoms with Crippen LogP contribution in [0.5, 0.6) is 0 Å². The van der Waals surface area contributed by atoms with Gasteiger partial charge in [-0.1, -0.05) is 6.07 Å². The van der Waals surface area contributed by atoms with Gasteiger partial charge in [-0.2, -0.15) is 0 Å². The van der Waals surface area contributed by atoms with Crippen LogP contribution in [0.1, 0.15) is 5.56 Å². The molecule has 1 aromatic rings. The zero-order chi connectivity index (χ0) is 8.27. The molecule has 1 aromatic carbocycles. The topological polar surface area (TPSA) is 0 Å². The molecule has 0 atom stereocenters. The van der Waals surface area contributed by atoms with Crippen molar-refractivity contribution in [1.82, 2.24) is 0 Å². The van der Waals surface area contributed by atoms with E-state index in [2.05, 4.69) is 34.3 Å². The van der Waals surface area contributed by atoms with Gasteiger partial charge in [0.15, 0.2) is 0 Å². The third-order valence-electron chi connectivity index (χ3n) is 1.37. The van der Waals surface area contributed by atoms with Crippen LogP contribution in [-0.2, 0) is 5.88 Å². The van der Waals surface area contributed by atoms with E-state index in [1.165, 1.54) is 4.90 Å².